The number of carbonyl (C=O) groups is 2. The van der Waals surface area contributed by atoms with E-state index in [0.717, 1.165) is 49.6 Å². The molecule has 1 atom stereocenters. The van der Waals surface area contributed by atoms with Gasteiger partial charge < -0.3 is 9.80 Å². The van der Waals surface area contributed by atoms with Crippen LogP contribution in [0.15, 0.2) is 11.8 Å². The van der Waals surface area contributed by atoms with Gasteiger partial charge in [-0.05, 0) is 25.7 Å². The predicted octanol–water partition coefficient (Wildman–Crippen LogP) is 1.87. The van der Waals surface area contributed by atoms with Crippen LogP contribution in [0, 0.1) is 5.41 Å². The highest BCUT2D eigenvalue weighted by Gasteiger charge is 2.50. The molecule has 20 heavy (non-hydrogen) atoms. The summed E-state index contributed by atoms with van der Waals surface area (Å²) in [7, 11) is 1.83. The summed E-state index contributed by atoms with van der Waals surface area (Å²) in [5.41, 5.74) is 0.561. The molecule has 4 nitrogen and oxygen atoms in total. The fourth-order valence-corrected chi connectivity index (χ4v) is 4.60. The number of nitrogens with zero attached hydrogens (tertiary/aromatic N) is 2. The van der Waals surface area contributed by atoms with E-state index in [-0.39, 0.29) is 11.8 Å². The highest BCUT2D eigenvalue weighted by molar-refractivity contribution is 7.99. The molecule has 1 aliphatic carbocycles. The van der Waals surface area contributed by atoms with Gasteiger partial charge in [0.15, 0.2) is 0 Å². The summed E-state index contributed by atoms with van der Waals surface area (Å²) < 4.78 is 0. The lowest BCUT2D eigenvalue weighted by Gasteiger charge is -2.47. The van der Waals surface area contributed by atoms with Crippen molar-refractivity contribution in [3.8, 4) is 0 Å². The van der Waals surface area contributed by atoms with E-state index >= 15 is 0 Å². The highest BCUT2D eigenvalue weighted by atomic mass is 32.2. The molecule has 5 heteroatoms. The highest BCUT2D eigenvalue weighted by Crippen LogP contribution is 2.47. The maximum Gasteiger partial charge on any atom is 0.234 e. The topological polar surface area (TPSA) is 40.6 Å². The lowest BCUT2D eigenvalue weighted by Crippen LogP contribution is -2.54. The van der Waals surface area contributed by atoms with Crippen LogP contribution in [-0.4, -0.2) is 53.3 Å². The molecule has 0 spiro atoms. The van der Waals surface area contributed by atoms with Gasteiger partial charge in [-0.3, -0.25) is 9.59 Å². The fraction of sp³-hybridized carbons (Fsp3) is 0.733. The van der Waals surface area contributed by atoms with Crippen molar-refractivity contribution >= 4 is 23.6 Å². The van der Waals surface area contributed by atoms with Gasteiger partial charge in [0.2, 0.25) is 11.8 Å². The summed E-state index contributed by atoms with van der Waals surface area (Å²) >= 11 is 1.92. The normalized spacial score (nSPS) is 30.9. The lowest BCUT2D eigenvalue weighted by molar-refractivity contribution is -0.146. The van der Waals surface area contributed by atoms with E-state index in [1.54, 1.807) is 4.90 Å². The van der Waals surface area contributed by atoms with Crippen LogP contribution in [0.25, 0.3) is 0 Å². The first kappa shape index (κ1) is 14.0. The summed E-state index contributed by atoms with van der Waals surface area (Å²) in [4.78, 5) is 28.8. The van der Waals surface area contributed by atoms with Gasteiger partial charge in [0.05, 0.1) is 5.41 Å². The molecule has 110 valence electrons. The number of amides is 2. The third kappa shape index (κ3) is 2.16. The third-order valence-electron chi connectivity index (χ3n) is 4.84. The van der Waals surface area contributed by atoms with Gasteiger partial charge in [0.25, 0.3) is 0 Å². The van der Waals surface area contributed by atoms with E-state index in [1.165, 1.54) is 0 Å². The second-order valence-corrected chi connectivity index (χ2v) is 7.15. The smallest absolute Gasteiger partial charge is 0.234 e. The van der Waals surface area contributed by atoms with Gasteiger partial charge in [-0.1, -0.05) is 6.08 Å². The summed E-state index contributed by atoms with van der Waals surface area (Å²) in [6, 6.07) is 0. The van der Waals surface area contributed by atoms with E-state index in [0.29, 0.717) is 12.8 Å². The van der Waals surface area contributed by atoms with E-state index in [4.69, 9.17) is 0 Å². The van der Waals surface area contributed by atoms with Crippen molar-refractivity contribution in [3.63, 3.8) is 0 Å². The first-order valence-corrected chi connectivity index (χ1v) is 8.65. The van der Waals surface area contributed by atoms with Crippen molar-refractivity contribution < 1.29 is 9.59 Å². The van der Waals surface area contributed by atoms with Crippen molar-refractivity contribution in [2.45, 2.75) is 32.1 Å². The number of hydrogen-bond donors (Lipinski definition) is 0. The van der Waals surface area contributed by atoms with Gasteiger partial charge in [-0.25, -0.2) is 0 Å². The van der Waals surface area contributed by atoms with E-state index in [9.17, 15) is 9.59 Å². The fourth-order valence-electron chi connectivity index (χ4n) is 3.69. The Hall–Kier alpha value is -0.970. The minimum absolute atomic E-state index is 0.149. The van der Waals surface area contributed by atoms with Crippen molar-refractivity contribution in [2.75, 3.05) is 31.6 Å². The average molecular weight is 294 g/mol. The third-order valence-corrected chi connectivity index (χ3v) is 5.79. The standard InChI is InChI=1S/C15H22N2O2S/c1-16-12-4-2-3-6-15(12,7-5-13(16)18)14(19)17-8-10-20-11-9-17/h4H,2-3,5-11H2,1H3/t15-/m1/s1. The van der Waals surface area contributed by atoms with Gasteiger partial charge >= 0.3 is 0 Å². The van der Waals surface area contributed by atoms with Gasteiger partial charge in [-0.2, -0.15) is 11.8 Å². The molecule has 0 aromatic carbocycles. The minimum Gasteiger partial charge on any atom is -0.340 e. The van der Waals surface area contributed by atoms with E-state index in [1.807, 2.05) is 23.7 Å². The minimum atomic E-state index is -0.414. The van der Waals surface area contributed by atoms with Crippen molar-refractivity contribution in [1.29, 1.82) is 0 Å². The molecule has 2 amide bonds. The van der Waals surface area contributed by atoms with Gasteiger partial charge in [-0.15, -0.1) is 0 Å². The molecule has 3 aliphatic rings. The lowest BCUT2D eigenvalue weighted by atomic mass is 9.69. The predicted molar refractivity (Wildman–Crippen MR) is 80.3 cm³/mol. The SMILES string of the molecule is CN1C(=O)CC[C@]2(C(=O)N3CCSCC3)CCCC=C12. The first-order valence-electron chi connectivity index (χ1n) is 7.49. The van der Waals surface area contributed by atoms with Crippen molar-refractivity contribution in [1.82, 2.24) is 9.80 Å². The number of carbonyl (C=O) groups excluding carboxylic acids is 2. The largest absolute Gasteiger partial charge is 0.340 e. The molecule has 0 radical (unpaired) electrons. The Morgan fingerprint density at radius 3 is 2.80 bits per heavy atom. The number of rotatable bonds is 1. The first-order chi connectivity index (χ1) is 9.65. The van der Waals surface area contributed by atoms with E-state index in [2.05, 4.69) is 6.08 Å². The number of fused-ring (bicyclic) bond motifs is 1. The zero-order valence-corrected chi connectivity index (χ0v) is 12.9. The Morgan fingerprint density at radius 1 is 1.30 bits per heavy atom. The molecule has 0 unspecified atom stereocenters. The molecular weight excluding hydrogens is 272 g/mol. The number of thioether (sulfide) groups is 1. The molecule has 2 saturated heterocycles. The maximum atomic E-state index is 13.1. The molecule has 0 bridgehead atoms. The van der Waals surface area contributed by atoms with Crippen LogP contribution >= 0.6 is 11.8 Å². The molecule has 2 fully saturated rings. The molecule has 0 saturated carbocycles. The molecule has 0 aromatic heterocycles. The van der Waals surface area contributed by atoms with Gasteiger partial charge in [0, 0.05) is 43.8 Å². The maximum absolute atomic E-state index is 13.1. The molecule has 2 aliphatic heterocycles. The summed E-state index contributed by atoms with van der Waals surface area (Å²) in [5, 5.41) is 0. The van der Waals surface area contributed by atoms with E-state index < -0.39 is 5.41 Å². The second-order valence-electron chi connectivity index (χ2n) is 5.92. The number of piperidine rings is 1. The molecular formula is C15H22N2O2S. The number of hydrogen-bond acceptors (Lipinski definition) is 3. The molecule has 3 rings (SSSR count). The number of allylic oxidation sites excluding steroid dienone is 1. The summed E-state index contributed by atoms with van der Waals surface area (Å²) in [6.07, 6.45) is 6.26. The zero-order chi connectivity index (χ0) is 14.2. The molecule has 2 heterocycles. The number of likely N-dealkylation sites (tertiary alicyclic amines) is 1. The van der Waals surface area contributed by atoms with Gasteiger partial charge in [0.1, 0.15) is 0 Å². The molecule has 0 aromatic rings. The average Bonchev–Trinajstić information content (AvgIpc) is 2.51. The van der Waals surface area contributed by atoms with Crippen LogP contribution < -0.4 is 0 Å². The zero-order valence-electron chi connectivity index (χ0n) is 12.1. The Kier molecular flexibility index (Phi) is 3.80. The molecule has 0 N–H and O–H groups in total. The van der Waals surface area contributed by atoms with Crippen LogP contribution in [0.4, 0.5) is 0 Å². The Balaban J connectivity index is 1.91. The quantitative estimate of drug-likeness (QED) is 0.741. The Labute approximate surface area is 124 Å². The van der Waals surface area contributed by atoms with Crippen LogP contribution in [0.5, 0.6) is 0 Å². The van der Waals surface area contributed by atoms with Crippen LogP contribution in [0.3, 0.4) is 0 Å². The second kappa shape index (κ2) is 5.43. The van der Waals surface area contributed by atoms with Crippen LogP contribution in [-0.2, 0) is 9.59 Å². The monoisotopic (exact) mass is 294 g/mol. The summed E-state index contributed by atoms with van der Waals surface area (Å²) in [6.45, 7) is 1.71. The Bertz CT molecular complexity index is 457. The van der Waals surface area contributed by atoms with Crippen molar-refractivity contribution in [2.24, 2.45) is 5.41 Å². The van der Waals surface area contributed by atoms with Crippen molar-refractivity contribution in [3.05, 3.63) is 11.8 Å². The Morgan fingerprint density at radius 2 is 2.05 bits per heavy atom. The summed E-state index contributed by atoms with van der Waals surface area (Å²) in [5.74, 6) is 2.49. The van der Waals surface area contributed by atoms with Crippen LogP contribution in [0.2, 0.25) is 0 Å². The van der Waals surface area contributed by atoms with Crippen LogP contribution in [0.1, 0.15) is 32.1 Å².